The maximum atomic E-state index is 12.6. The molecule has 0 bridgehead atoms. The number of para-hydroxylation sites is 1. The Balaban J connectivity index is 1.78. The second kappa shape index (κ2) is 7.64. The van der Waals surface area contributed by atoms with Crippen LogP contribution < -0.4 is 10.6 Å². The molecule has 0 spiro atoms. The third kappa shape index (κ3) is 4.35. The molecule has 2 aromatic carbocycles. The Kier molecular flexibility index (Phi) is 5.34. The molecule has 0 aliphatic heterocycles. The van der Waals surface area contributed by atoms with Crippen molar-refractivity contribution in [3.8, 4) is 0 Å². The first-order chi connectivity index (χ1) is 11.2. The summed E-state index contributed by atoms with van der Waals surface area (Å²) in [6.07, 6.45) is 6.19. The van der Waals surface area contributed by atoms with Crippen LogP contribution in [0.2, 0.25) is 0 Å². The second-order valence-corrected chi connectivity index (χ2v) is 6.91. The molecule has 1 amide bonds. The van der Waals surface area contributed by atoms with Crippen LogP contribution in [0, 0.1) is 0 Å². The third-order valence-electron chi connectivity index (χ3n) is 4.22. The first-order valence-electron chi connectivity index (χ1n) is 8.15. The van der Waals surface area contributed by atoms with Gasteiger partial charge in [-0.1, -0.05) is 53.4 Å². The summed E-state index contributed by atoms with van der Waals surface area (Å²) in [5, 5.41) is 6.53. The van der Waals surface area contributed by atoms with E-state index in [1.807, 2.05) is 48.5 Å². The summed E-state index contributed by atoms with van der Waals surface area (Å²) in [4.78, 5) is 12.6. The van der Waals surface area contributed by atoms with Gasteiger partial charge in [0, 0.05) is 21.9 Å². The van der Waals surface area contributed by atoms with Gasteiger partial charge in [-0.05, 0) is 43.2 Å². The Morgan fingerprint density at radius 2 is 1.74 bits per heavy atom. The van der Waals surface area contributed by atoms with Crippen molar-refractivity contribution in [3.63, 3.8) is 0 Å². The van der Waals surface area contributed by atoms with Crippen molar-refractivity contribution in [2.45, 2.75) is 38.1 Å². The fourth-order valence-corrected chi connectivity index (χ4v) is 3.38. The van der Waals surface area contributed by atoms with Crippen LogP contribution in [0.1, 0.15) is 42.5 Å². The number of amides is 1. The lowest BCUT2D eigenvalue weighted by molar-refractivity contribution is 0.102. The van der Waals surface area contributed by atoms with Crippen molar-refractivity contribution < 1.29 is 4.79 Å². The minimum absolute atomic E-state index is 0.0815. The minimum atomic E-state index is -0.0815. The lowest BCUT2D eigenvalue weighted by Crippen LogP contribution is -2.24. The SMILES string of the molecule is O=C(Nc1ccccc1)c1ccc(Br)cc1NC1CCCCC1. The van der Waals surface area contributed by atoms with E-state index in [2.05, 4.69) is 26.6 Å². The molecule has 3 rings (SSSR count). The quantitative estimate of drug-likeness (QED) is 0.749. The average molecular weight is 373 g/mol. The van der Waals surface area contributed by atoms with Crippen LogP contribution in [-0.4, -0.2) is 11.9 Å². The van der Waals surface area contributed by atoms with Gasteiger partial charge in [-0.2, -0.15) is 0 Å². The third-order valence-corrected chi connectivity index (χ3v) is 4.72. The van der Waals surface area contributed by atoms with E-state index < -0.39 is 0 Å². The van der Waals surface area contributed by atoms with Crippen molar-refractivity contribution in [2.75, 3.05) is 10.6 Å². The van der Waals surface area contributed by atoms with E-state index in [9.17, 15) is 4.79 Å². The predicted molar refractivity (Wildman–Crippen MR) is 99.0 cm³/mol. The van der Waals surface area contributed by atoms with Crippen molar-refractivity contribution in [1.82, 2.24) is 0 Å². The molecule has 0 radical (unpaired) electrons. The first kappa shape index (κ1) is 16.1. The van der Waals surface area contributed by atoms with E-state index in [1.165, 1.54) is 32.1 Å². The minimum Gasteiger partial charge on any atom is -0.382 e. The Morgan fingerprint density at radius 1 is 1.00 bits per heavy atom. The summed E-state index contributed by atoms with van der Waals surface area (Å²) in [6, 6.07) is 15.8. The molecular formula is C19H21BrN2O. The highest BCUT2D eigenvalue weighted by Gasteiger charge is 2.17. The van der Waals surface area contributed by atoms with Gasteiger partial charge < -0.3 is 10.6 Å². The van der Waals surface area contributed by atoms with Crippen LogP contribution in [-0.2, 0) is 0 Å². The Bertz CT molecular complexity index is 666. The molecular weight excluding hydrogens is 352 g/mol. The number of nitrogens with one attached hydrogen (secondary N) is 2. The number of rotatable bonds is 4. The summed E-state index contributed by atoms with van der Waals surface area (Å²) in [5.74, 6) is -0.0815. The van der Waals surface area contributed by atoms with Gasteiger partial charge in [0.1, 0.15) is 0 Å². The molecule has 0 heterocycles. The van der Waals surface area contributed by atoms with Gasteiger partial charge in [0.25, 0.3) is 5.91 Å². The molecule has 2 N–H and O–H groups in total. The zero-order chi connectivity index (χ0) is 16.1. The highest BCUT2D eigenvalue weighted by atomic mass is 79.9. The maximum Gasteiger partial charge on any atom is 0.257 e. The van der Waals surface area contributed by atoms with Crippen molar-refractivity contribution in [2.24, 2.45) is 0 Å². The van der Waals surface area contributed by atoms with Crippen LogP contribution >= 0.6 is 15.9 Å². The predicted octanol–water partition coefficient (Wildman–Crippen LogP) is 5.45. The summed E-state index contributed by atoms with van der Waals surface area (Å²) in [7, 11) is 0. The molecule has 2 aromatic rings. The Labute approximate surface area is 145 Å². The Morgan fingerprint density at radius 3 is 2.48 bits per heavy atom. The molecule has 0 unspecified atom stereocenters. The second-order valence-electron chi connectivity index (χ2n) is 5.99. The van der Waals surface area contributed by atoms with E-state index >= 15 is 0 Å². The highest BCUT2D eigenvalue weighted by Crippen LogP contribution is 2.27. The lowest BCUT2D eigenvalue weighted by atomic mass is 9.95. The zero-order valence-corrected chi connectivity index (χ0v) is 14.6. The topological polar surface area (TPSA) is 41.1 Å². The van der Waals surface area contributed by atoms with Crippen LogP contribution in [0.5, 0.6) is 0 Å². The summed E-state index contributed by atoms with van der Waals surface area (Å²) < 4.78 is 0.979. The molecule has 23 heavy (non-hydrogen) atoms. The average Bonchev–Trinajstić information content (AvgIpc) is 2.57. The van der Waals surface area contributed by atoms with Crippen LogP contribution in [0.4, 0.5) is 11.4 Å². The van der Waals surface area contributed by atoms with E-state index in [0.29, 0.717) is 11.6 Å². The van der Waals surface area contributed by atoms with Crippen LogP contribution in [0.3, 0.4) is 0 Å². The van der Waals surface area contributed by atoms with Crippen LogP contribution in [0.15, 0.2) is 53.0 Å². The normalized spacial score (nSPS) is 15.2. The van der Waals surface area contributed by atoms with Crippen molar-refractivity contribution in [1.29, 1.82) is 0 Å². The first-order valence-corrected chi connectivity index (χ1v) is 8.94. The van der Waals surface area contributed by atoms with Gasteiger partial charge in [0.05, 0.1) is 5.56 Å². The molecule has 4 heteroatoms. The zero-order valence-electron chi connectivity index (χ0n) is 13.0. The van der Waals surface area contributed by atoms with Gasteiger partial charge in [0.15, 0.2) is 0 Å². The summed E-state index contributed by atoms with van der Waals surface area (Å²) in [6.45, 7) is 0. The number of hydrogen-bond donors (Lipinski definition) is 2. The number of halogens is 1. The highest BCUT2D eigenvalue weighted by molar-refractivity contribution is 9.10. The fraction of sp³-hybridized carbons (Fsp3) is 0.316. The fourth-order valence-electron chi connectivity index (χ4n) is 3.02. The van der Waals surface area contributed by atoms with E-state index in [4.69, 9.17) is 0 Å². The maximum absolute atomic E-state index is 12.6. The van der Waals surface area contributed by atoms with Gasteiger partial charge in [-0.15, -0.1) is 0 Å². The van der Waals surface area contributed by atoms with Crippen molar-refractivity contribution >= 4 is 33.2 Å². The smallest absolute Gasteiger partial charge is 0.257 e. The number of anilines is 2. The van der Waals surface area contributed by atoms with Gasteiger partial charge in [0.2, 0.25) is 0 Å². The summed E-state index contributed by atoms with van der Waals surface area (Å²) >= 11 is 3.51. The molecule has 0 atom stereocenters. The van der Waals surface area contributed by atoms with Gasteiger partial charge in [-0.25, -0.2) is 0 Å². The molecule has 1 aliphatic rings. The lowest BCUT2D eigenvalue weighted by Gasteiger charge is -2.25. The molecule has 1 fully saturated rings. The van der Waals surface area contributed by atoms with Gasteiger partial charge in [-0.3, -0.25) is 4.79 Å². The number of benzene rings is 2. The van der Waals surface area contributed by atoms with E-state index in [0.717, 1.165) is 15.8 Å². The molecule has 1 aliphatic carbocycles. The number of carbonyl (C=O) groups excluding carboxylic acids is 1. The summed E-state index contributed by atoms with van der Waals surface area (Å²) in [5.41, 5.74) is 2.39. The van der Waals surface area contributed by atoms with E-state index in [-0.39, 0.29) is 5.91 Å². The van der Waals surface area contributed by atoms with E-state index in [1.54, 1.807) is 0 Å². The molecule has 120 valence electrons. The van der Waals surface area contributed by atoms with Crippen molar-refractivity contribution in [3.05, 3.63) is 58.6 Å². The molecule has 1 saturated carbocycles. The molecule has 0 aromatic heterocycles. The van der Waals surface area contributed by atoms with Crippen LogP contribution in [0.25, 0.3) is 0 Å². The van der Waals surface area contributed by atoms with Gasteiger partial charge >= 0.3 is 0 Å². The molecule has 0 saturated heterocycles. The molecule has 3 nitrogen and oxygen atoms in total. The monoisotopic (exact) mass is 372 g/mol. The Hall–Kier alpha value is -1.81. The standard InChI is InChI=1S/C19H21BrN2O/c20-14-11-12-17(19(23)22-16-9-5-2-6-10-16)18(13-14)21-15-7-3-1-4-8-15/h2,5-6,9-13,15,21H,1,3-4,7-8H2,(H,22,23). The largest absolute Gasteiger partial charge is 0.382 e. The number of carbonyl (C=O) groups is 1. The number of hydrogen-bond acceptors (Lipinski definition) is 2.